The van der Waals surface area contributed by atoms with E-state index in [0.717, 1.165) is 17.0 Å². The Bertz CT molecular complexity index is 876. The summed E-state index contributed by atoms with van der Waals surface area (Å²) in [6.07, 6.45) is 2.15. The number of benzene rings is 2. The lowest BCUT2D eigenvalue weighted by Crippen LogP contribution is -2.13. The van der Waals surface area contributed by atoms with E-state index in [-0.39, 0.29) is 5.91 Å². The molecular formula is C23H25N3O2. The Labute approximate surface area is 165 Å². The molecule has 3 rings (SSSR count). The predicted octanol–water partition coefficient (Wildman–Crippen LogP) is 5.39. The van der Waals surface area contributed by atoms with Crippen LogP contribution < -0.4 is 15.4 Å². The molecule has 2 N–H and O–H groups in total. The highest BCUT2D eigenvalue weighted by Gasteiger charge is 2.06. The molecule has 0 aliphatic heterocycles. The van der Waals surface area contributed by atoms with Crippen LogP contribution in [0, 0.1) is 5.92 Å². The molecule has 1 heterocycles. The minimum atomic E-state index is 0.00333. The van der Waals surface area contributed by atoms with Gasteiger partial charge in [0.2, 0.25) is 5.91 Å². The van der Waals surface area contributed by atoms with Gasteiger partial charge >= 0.3 is 0 Å². The van der Waals surface area contributed by atoms with Gasteiger partial charge in [0.25, 0.3) is 0 Å². The lowest BCUT2D eigenvalue weighted by atomic mass is 10.1. The molecule has 0 atom stereocenters. The minimum absolute atomic E-state index is 0.00333. The van der Waals surface area contributed by atoms with Gasteiger partial charge in [0.15, 0.2) is 0 Å². The molecule has 28 heavy (non-hydrogen) atoms. The Morgan fingerprint density at radius 3 is 2.32 bits per heavy atom. The van der Waals surface area contributed by atoms with Crippen LogP contribution in [0.15, 0.2) is 72.9 Å². The zero-order chi connectivity index (χ0) is 19.8. The first-order valence-electron chi connectivity index (χ1n) is 9.38. The third-order valence-electron chi connectivity index (χ3n) is 4.02. The molecular weight excluding hydrogens is 350 g/mol. The van der Waals surface area contributed by atoms with E-state index < -0.39 is 0 Å². The minimum Gasteiger partial charge on any atom is -0.489 e. The van der Waals surface area contributed by atoms with E-state index in [9.17, 15) is 4.79 Å². The van der Waals surface area contributed by atoms with Gasteiger partial charge in [-0.2, -0.15) is 0 Å². The van der Waals surface area contributed by atoms with Crippen molar-refractivity contribution < 1.29 is 9.53 Å². The van der Waals surface area contributed by atoms with Gasteiger partial charge in [-0.3, -0.25) is 4.79 Å². The van der Waals surface area contributed by atoms with Crippen LogP contribution in [0.2, 0.25) is 0 Å². The maximum atomic E-state index is 11.8. The zero-order valence-electron chi connectivity index (χ0n) is 16.2. The number of aromatic nitrogens is 1. The van der Waals surface area contributed by atoms with Crippen molar-refractivity contribution in [2.45, 2.75) is 26.9 Å². The predicted molar refractivity (Wildman–Crippen MR) is 113 cm³/mol. The summed E-state index contributed by atoms with van der Waals surface area (Å²) in [4.78, 5) is 16.2. The highest BCUT2D eigenvalue weighted by molar-refractivity contribution is 5.90. The van der Waals surface area contributed by atoms with Crippen LogP contribution in [0.3, 0.4) is 0 Å². The molecule has 5 heteroatoms. The first-order valence-corrected chi connectivity index (χ1v) is 9.38. The quantitative estimate of drug-likeness (QED) is 0.554. The average Bonchev–Trinajstić information content (AvgIpc) is 2.69. The van der Waals surface area contributed by atoms with E-state index in [0.29, 0.717) is 30.5 Å². The molecule has 0 saturated heterocycles. The van der Waals surface area contributed by atoms with Crippen molar-refractivity contribution in [3.63, 3.8) is 0 Å². The fourth-order valence-electron chi connectivity index (χ4n) is 2.65. The first kappa shape index (κ1) is 19.4. The summed E-state index contributed by atoms with van der Waals surface area (Å²) in [5.41, 5.74) is 2.74. The number of rotatable bonds is 8. The Morgan fingerprint density at radius 1 is 0.964 bits per heavy atom. The van der Waals surface area contributed by atoms with Gasteiger partial charge < -0.3 is 15.4 Å². The molecule has 0 radical (unpaired) electrons. The van der Waals surface area contributed by atoms with E-state index in [1.54, 1.807) is 6.20 Å². The second-order valence-corrected chi connectivity index (χ2v) is 7.00. The topological polar surface area (TPSA) is 63.2 Å². The highest BCUT2D eigenvalue weighted by Crippen LogP contribution is 2.20. The van der Waals surface area contributed by atoms with Crippen molar-refractivity contribution in [1.29, 1.82) is 0 Å². The molecule has 2 aromatic carbocycles. The van der Waals surface area contributed by atoms with Crippen molar-refractivity contribution in [1.82, 2.24) is 4.98 Å². The van der Waals surface area contributed by atoms with Crippen LogP contribution in [-0.4, -0.2) is 10.9 Å². The smallest absolute Gasteiger partial charge is 0.224 e. The van der Waals surface area contributed by atoms with E-state index in [1.165, 1.54) is 0 Å². The Morgan fingerprint density at radius 2 is 1.68 bits per heavy atom. The molecule has 0 bridgehead atoms. The summed E-state index contributed by atoms with van der Waals surface area (Å²) in [5.74, 6) is 1.85. The third-order valence-corrected chi connectivity index (χ3v) is 4.02. The normalized spacial score (nSPS) is 10.5. The van der Waals surface area contributed by atoms with Crippen LogP contribution in [-0.2, 0) is 11.4 Å². The van der Waals surface area contributed by atoms with Gasteiger partial charge in [-0.1, -0.05) is 44.2 Å². The Kier molecular flexibility index (Phi) is 6.63. The van der Waals surface area contributed by atoms with Crippen LogP contribution in [0.4, 0.5) is 17.2 Å². The zero-order valence-corrected chi connectivity index (χ0v) is 16.2. The Hall–Kier alpha value is -3.34. The fourth-order valence-corrected chi connectivity index (χ4v) is 2.65. The number of ether oxygens (including phenoxy) is 1. The highest BCUT2D eigenvalue weighted by atomic mass is 16.5. The molecule has 144 valence electrons. The van der Waals surface area contributed by atoms with Crippen molar-refractivity contribution in [3.8, 4) is 5.75 Å². The number of amides is 1. The van der Waals surface area contributed by atoms with Gasteiger partial charge in [-0.05, 0) is 47.9 Å². The van der Waals surface area contributed by atoms with E-state index >= 15 is 0 Å². The second-order valence-electron chi connectivity index (χ2n) is 7.00. The van der Waals surface area contributed by atoms with Gasteiger partial charge in [0.1, 0.15) is 18.2 Å². The van der Waals surface area contributed by atoms with Crippen molar-refractivity contribution in [2.24, 2.45) is 5.92 Å². The summed E-state index contributed by atoms with van der Waals surface area (Å²) in [6.45, 7) is 4.57. The summed E-state index contributed by atoms with van der Waals surface area (Å²) in [5, 5.41) is 6.09. The fraction of sp³-hybridized carbons (Fsp3) is 0.217. The lowest BCUT2D eigenvalue weighted by Gasteiger charge is -2.10. The van der Waals surface area contributed by atoms with Crippen molar-refractivity contribution >= 4 is 23.1 Å². The second kappa shape index (κ2) is 9.55. The summed E-state index contributed by atoms with van der Waals surface area (Å²) >= 11 is 0. The van der Waals surface area contributed by atoms with Gasteiger partial charge in [0.05, 0.1) is 11.9 Å². The number of anilines is 3. The Balaban J connectivity index is 1.51. The van der Waals surface area contributed by atoms with Crippen LogP contribution in [0.5, 0.6) is 5.75 Å². The molecule has 0 saturated carbocycles. The van der Waals surface area contributed by atoms with Crippen molar-refractivity contribution in [2.75, 3.05) is 10.6 Å². The molecule has 0 aliphatic carbocycles. The first-order chi connectivity index (χ1) is 13.6. The van der Waals surface area contributed by atoms with Crippen molar-refractivity contribution in [3.05, 3.63) is 78.5 Å². The summed E-state index contributed by atoms with van der Waals surface area (Å²) in [6, 6.07) is 21.5. The van der Waals surface area contributed by atoms with Gasteiger partial charge in [0, 0.05) is 12.1 Å². The maximum Gasteiger partial charge on any atom is 0.224 e. The number of hydrogen-bond acceptors (Lipinski definition) is 4. The van der Waals surface area contributed by atoms with Crippen LogP contribution in [0.1, 0.15) is 25.8 Å². The molecule has 0 spiro atoms. The maximum absolute atomic E-state index is 11.8. The number of hydrogen-bond donors (Lipinski definition) is 2. The van der Waals surface area contributed by atoms with Gasteiger partial charge in [-0.15, -0.1) is 0 Å². The SMILES string of the molecule is CC(C)CC(=O)Nc1ccc(Nc2ccc(OCc3ccccc3)cc2)nc1. The molecule has 3 aromatic rings. The standard InChI is InChI=1S/C23H25N3O2/c1-17(2)14-23(27)26-20-10-13-22(24-15-20)25-19-8-11-21(12-9-19)28-16-18-6-4-3-5-7-18/h3-13,15,17H,14,16H2,1-2H3,(H,24,25)(H,26,27). The number of nitrogens with one attached hydrogen (secondary N) is 2. The number of carbonyl (C=O) groups is 1. The average molecular weight is 375 g/mol. The summed E-state index contributed by atoms with van der Waals surface area (Å²) < 4.78 is 5.79. The molecule has 5 nitrogen and oxygen atoms in total. The monoisotopic (exact) mass is 375 g/mol. The molecule has 0 aliphatic rings. The number of pyridine rings is 1. The number of nitrogens with zero attached hydrogens (tertiary/aromatic N) is 1. The molecule has 0 fully saturated rings. The van der Waals surface area contributed by atoms with E-state index in [2.05, 4.69) is 15.6 Å². The van der Waals surface area contributed by atoms with E-state index in [4.69, 9.17) is 4.74 Å². The molecule has 1 aromatic heterocycles. The third kappa shape index (κ3) is 6.13. The van der Waals surface area contributed by atoms with Crippen LogP contribution >= 0.6 is 0 Å². The van der Waals surface area contributed by atoms with Gasteiger partial charge in [-0.25, -0.2) is 4.98 Å². The van der Waals surface area contributed by atoms with Crippen LogP contribution in [0.25, 0.3) is 0 Å². The molecule has 1 amide bonds. The molecule has 0 unspecified atom stereocenters. The largest absolute Gasteiger partial charge is 0.489 e. The lowest BCUT2D eigenvalue weighted by molar-refractivity contribution is -0.116. The van der Waals surface area contributed by atoms with E-state index in [1.807, 2.05) is 80.6 Å². The summed E-state index contributed by atoms with van der Waals surface area (Å²) in [7, 11) is 0. The number of carbonyl (C=O) groups excluding carboxylic acids is 1.